The highest BCUT2D eigenvalue weighted by atomic mass is 35.5. The maximum absolute atomic E-state index is 13.1. The Hall–Kier alpha value is -3.39. The van der Waals surface area contributed by atoms with Gasteiger partial charge < -0.3 is 19.3 Å². The first-order chi connectivity index (χ1) is 18.5. The number of hydrogen-bond donors (Lipinski definition) is 0. The summed E-state index contributed by atoms with van der Waals surface area (Å²) in [6.45, 7) is 10.1. The number of likely N-dealkylation sites (N-methyl/N-ethyl adjacent to an activating group) is 1. The summed E-state index contributed by atoms with van der Waals surface area (Å²) in [5.41, 5.74) is 2.32. The van der Waals surface area contributed by atoms with Gasteiger partial charge in [0.2, 0.25) is 0 Å². The molecule has 1 heterocycles. The number of ether oxygens (including phenoxy) is 2. The number of esters is 1. The van der Waals surface area contributed by atoms with E-state index in [1.165, 1.54) is 5.56 Å². The first-order valence-corrected chi connectivity index (χ1v) is 13.6. The van der Waals surface area contributed by atoms with Crippen LogP contribution in [0.25, 0.3) is 0 Å². The number of carbonyl (C=O) groups is 3. The lowest BCUT2D eigenvalue weighted by molar-refractivity contribution is -0.151. The molecule has 0 spiro atoms. The third kappa shape index (κ3) is 8.05. The summed E-state index contributed by atoms with van der Waals surface area (Å²) in [7, 11) is 1.70. The molecule has 210 valence electrons. The van der Waals surface area contributed by atoms with Crippen molar-refractivity contribution in [2.24, 2.45) is 10.9 Å². The van der Waals surface area contributed by atoms with Crippen LogP contribution in [0.2, 0.25) is 5.02 Å². The zero-order valence-corrected chi connectivity index (χ0v) is 24.3. The molecule has 9 heteroatoms. The van der Waals surface area contributed by atoms with Crippen LogP contribution < -0.4 is 4.74 Å². The van der Waals surface area contributed by atoms with E-state index in [0.29, 0.717) is 35.4 Å². The third-order valence-corrected chi connectivity index (χ3v) is 6.88. The third-order valence-electron chi connectivity index (χ3n) is 6.64. The van der Waals surface area contributed by atoms with Crippen LogP contribution in [-0.4, -0.2) is 66.3 Å². The SMILES string of the molecule is CC1=NC(=O)N(CCCN(C)C(=O)COc2ccc(C(C)C)cc2)C(c2cccc(Cl)c2)C1C(=O)OC(C)C. The molecule has 2 atom stereocenters. The standard InChI is InChI=1S/C30H38ClN3O5/c1-19(2)22-11-13-25(14-12-22)38-18-26(35)33(6)15-8-16-34-28(23-9-7-10-24(31)17-23)27(21(5)32-30(34)37)29(36)39-20(3)4/h7,9-14,17,19-20,27-28H,8,15-16,18H2,1-6H3. The molecule has 1 aliphatic heterocycles. The van der Waals surface area contributed by atoms with E-state index in [4.69, 9.17) is 21.1 Å². The number of carbonyl (C=O) groups excluding carboxylic acids is 3. The fourth-order valence-corrected chi connectivity index (χ4v) is 4.72. The lowest BCUT2D eigenvalue weighted by Gasteiger charge is -2.39. The largest absolute Gasteiger partial charge is 0.484 e. The number of urea groups is 1. The fourth-order valence-electron chi connectivity index (χ4n) is 4.52. The molecule has 0 saturated heterocycles. The molecule has 0 radical (unpaired) electrons. The summed E-state index contributed by atoms with van der Waals surface area (Å²) < 4.78 is 11.2. The van der Waals surface area contributed by atoms with Crippen LogP contribution in [-0.2, 0) is 14.3 Å². The Labute approximate surface area is 235 Å². The van der Waals surface area contributed by atoms with Gasteiger partial charge in [0.05, 0.1) is 12.1 Å². The van der Waals surface area contributed by atoms with Crippen molar-refractivity contribution in [3.63, 3.8) is 0 Å². The zero-order chi connectivity index (χ0) is 28.7. The first kappa shape index (κ1) is 30.2. The second kappa shape index (κ2) is 13.6. The molecule has 0 fully saturated rings. The van der Waals surface area contributed by atoms with E-state index >= 15 is 0 Å². The van der Waals surface area contributed by atoms with Gasteiger partial charge in [-0.1, -0.05) is 49.7 Å². The van der Waals surface area contributed by atoms with Gasteiger partial charge in [-0.3, -0.25) is 9.59 Å². The minimum absolute atomic E-state index is 0.0854. The number of rotatable bonds is 11. The van der Waals surface area contributed by atoms with Crippen LogP contribution in [0.15, 0.2) is 53.5 Å². The molecule has 0 N–H and O–H groups in total. The molecule has 0 aliphatic carbocycles. The molecule has 0 aromatic heterocycles. The number of benzene rings is 2. The van der Waals surface area contributed by atoms with Crippen molar-refractivity contribution in [1.29, 1.82) is 0 Å². The van der Waals surface area contributed by atoms with Gasteiger partial charge in [0, 0.05) is 30.9 Å². The van der Waals surface area contributed by atoms with Gasteiger partial charge >= 0.3 is 12.0 Å². The molecule has 8 nitrogen and oxygen atoms in total. The van der Waals surface area contributed by atoms with Gasteiger partial charge in [0.1, 0.15) is 11.7 Å². The maximum Gasteiger partial charge on any atom is 0.344 e. The summed E-state index contributed by atoms with van der Waals surface area (Å²) in [4.78, 5) is 46.1. The molecule has 2 unspecified atom stereocenters. The lowest BCUT2D eigenvalue weighted by Crippen LogP contribution is -2.48. The van der Waals surface area contributed by atoms with Crippen molar-refractivity contribution in [3.05, 3.63) is 64.7 Å². The van der Waals surface area contributed by atoms with Crippen molar-refractivity contribution in [2.75, 3.05) is 26.7 Å². The van der Waals surface area contributed by atoms with Crippen molar-refractivity contribution >= 4 is 35.2 Å². The highest BCUT2D eigenvalue weighted by Crippen LogP contribution is 2.36. The van der Waals surface area contributed by atoms with Crippen molar-refractivity contribution in [2.45, 2.75) is 59.1 Å². The predicted molar refractivity (Wildman–Crippen MR) is 152 cm³/mol. The van der Waals surface area contributed by atoms with Crippen molar-refractivity contribution in [3.8, 4) is 5.75 Å². The van der Waals surface area contributed by atoms with E-state index in [1.807, 2.05) is 30.3 Å². The summed E-state index contributed by atoms with van der Waals surface area (Å²) >= 11 is 6.27. The molecule has 0 bridgehead atoms. The van der Waals surface area contributed by atoms with Gasteiger partial charge in [-0.05, 0) is 68.5 Å². The second-order valence-electron chi connectivity index (χ2n) is 10.4. The van der Waals surface area contributed by atoms with Crippen LogP contribution in [0.4, 0.5) is 4.79 Å². The van der Waals surface area contributed by atoms with Crippen LogP contribution in [0.5, 0.6) is 5.75 Å². The number of nitrogens with zero attached hydrogens (tertiary/aromatic N) is 3. The Morgan fingerprint density at radius 2 is 1.79 bits per heavy atom. The van der Waals surface area contributed by atoms with E-state index in [0.717, 1.165) is 5.56 Å². The monoisotopic (exact) mass is 555 g/mol. The number of hydrogen-bond acceptors (Lipinski definition) is 5. The van der Waals surface area contributed by atoms with Crippen molar-refractivity contribution in [1.82, 2.24) is 9.80 Å². The molecule has 3 amide bonds. The maximum atomic E-state index is 13.1. The highest BCUT2D eigenvalue weighted by Gasteiger charge is 2.43. The summed E-state index contributed by atoms with van der Waals surface area (Å²) in [6.07, 6.45) is 0.167. The minimum Gasteiger partial charge on any atom is -0.484 e. The van der Waals surface area contributed by atoms with E-state index in [1.54, 1.807) is 55.8 Å². The van der Waals surface area contributed by atoms with E-state index in [2.05, 4.69) is 18.8 Å². The van der Waals surface area contributed by atoms with E-state index in [-0.39, 0.29) is 25.2 Å². The first-order valence-electron chi connectivity index (χ1n) is 13.3. The Kier molecular flexibility index (Phi) is 10.5. The molecular weight excluding hydrogens is 518 g/mol. The minimum atomic E-state index is -0.765. The number of halogens is 1. The Morgan fingerprint density at radius 1 is 1.10 bits per heavy atom. The van der Waals surface area contributed by atoms with Crippen LogP contribution in [0, 0.1) is 5.92 Å². The average Bonchev–Trinajstić information content (AvgIpc) is 2.87. The smallest absolute Gasteiger partial charge is 0.344 e. The molecule has 39 heavy (non-hydrogen) atoms. The number of amides is 3. The van der Waals surface area contributed by atoms with Gasteiger partial charge in [0.15, 0.2) is 6.61 Å². The van der Waals surface area contributed by atoms with Crippen LogP contribution in [0.3, 0.4) is 0 Å². The zero-order valence-electron chi connectivity index (χ0n) is 23.5. The van der Waals surface area contributed by atoms with E-state index in [9.17, 15) is 14.4 Å². The van der Waals surface area contributed by atoms with Gasteiger partial charge in [-0.2, -0.15) is 0 Å². The molecular formula is C30H38ClN3O5. The van der Waals surface area contributed by atoms with Gasteiger partial charge in [0.25, 0.3) is 5.91 Å². The fraction of sp³-hybridized carbons (Fsp3) is 0.467. The summed E-state index contributed by atoms with van der Waals surface area (Å²) in [5.74, 6) is -0.329. The van der Waals surface area contributed by atoms with Crippen LogP contribution in [0.1, 0.15) is 64.1 Å². The normalized spacial score (nSPS) is 17.3. The lowest BCUT2D eigenvalue weighted by atomic mass is 9.86. The molecule has 2 aromatic rings. The molecule has 2 aromatic carbocycles. The Balaban J connectivity index is 1.67. The quantitative estimate of drug-likeness (QED) is 0.322. The second-order valence-corrected chi connectivity index (χ2v) is 10.8. The Morgan fingerprint density at radius 3 is 2.41 bits per heavy atom. The van der Waals surface area contributed by atoms with Crippen LogP contribution >= 0.6 is 11.6 Å². The Bertz CT molecular complexity index is 1200. The predicted octanol–water partition coefficient (Wildman–Crippen LogP) is 5.90. The molecule has 3 rings (SSSR count). The highest BCUT2D eigenvalue weighted by molar-refractivity contribution is 6.30. The molecule has 0 saturated carbocycles. The number of aliphatic imine (C=N–C) groups is 1. The average molecular weight is 556 g/mol. The summed E-state index contributed by atoms with van der Waals surface area (Å²) in [5, 5.41) is 0.500. The van der Waals surface area contributed by atoms with Crippen molar-refractivity contribution < 1.29 is 23.9 Å². The topological polar surface area (TPSA) is 88.5 Å². The van der Waals surface area contributed by atoms with Gasteiger partial charge in [-0.15, -0.1) is 0 Å². The van der Waals surface area contributed by atoms with E-state index < -0.39 is 24.0 Å². The molecule has 1 aliphatic rings. The van der Waals surface area contributed by atoms with Gasteiger partial charge in [-0.25, -0.2) is 9.79 Å². The summed E-state index contributed by atoms with van der Waals surface area (Å²) in [6, 6.07) is 13.8.